The number of guanidine groups is 1. The molecule has 0 amide bonds. The number of rotatable bonds is 9. The minimum atomic E-state index is 0.583. The van der Waals surface area contributed by atoms with Gasteiger partial charge in [0.2, 0.25) is 5.88 Å². The monoisotopic (exact) mass is 372 g/mol. The fourth-order valence-electron chi connectivity index (χ4n) is 2.59. The van der Waals surface area contributed by atoms with Gasteiger partial charge < -0.3 is 24.8 Å². The van der Waals surface area contributed by atoms with Gasteiger partial charge >= 0.3 is 0 Å². The van der Waals surface area contributed by atoms with E-state index in [1.807, 2.05) is 37.3 Å². The SMILES string of the molecule is CCOc1ncccc1CNC(=NC)NCCc1ccc(OC)c(OC)c1. The molecule has 0 spiro atoms. The summed E-state index contributed by atoms with van der Waals surface area (Å²) in [4.78, 5) is 8.52. The molecule has 1 aromatic carbocycles. The summed E-state index contributed by atoms with van der Waals surface area (Å²) in [6.45, 7) is 3.85. The van der Waals surface area contributed by atoms with E-state index in [9.17, 15) is 0 Å². The summed E-state index contributed by atoms with van der Waals surface area (Å²) < 4.78 is 16.2. The van der Waals surface area contributed by atoms with Gasteiger partial charge in [-0.1, -0.05) is 12.1 Å². The molecular weight excluding hydrogens is 344 g/mol. The van der Waals surface area contributed by atoms with E-state index in [-0.39, 0.29) is 0 Å². The molecule has 0 aliphatic heterocycles. The van der Waals surface area contributed by atoms with Crippen molar-refractivity contribution in [1.29, 1.82) is 0 Å². The lowest BCUT2D eigenvalue weighted by Gasteiger charge is -2.14. The van der Waals surface area contributed by atoms with Crippen molar-refractivity contribution in [3.05, 3.63) is 47.7 Å². The Balaban J connectivity index is 1.86. The normalized spacial score (nSPS) is 11.0. The minimum absolute atomic E-state index is 0.583. The fraction of sp³-hybridized carbons (Fsp3) is 0.400. The number of ether oxygens (including phenoxy) is 3. The van der Waals surface area contributed by atoms with Crippen LogP contribution in [0.4, 0.5) is 0 Å². The Morgan fingerprint density at radius 3 is 2.63 bits per heavy atom. The van der Waals surface area contributed by atoms with Gasteiger partial charge in [-0.05, 0) is 37.1 Å². The third-order valence-corrected chi connectivity index (χ3v) is 3.95. The molecule has 0 unspecified atom stereocenters. The Morgan fingerprint density at radius 1 is 1.11 bits per heavy atom. The number of benzene rings is 1. The first kappa shape index (κ1) is 20.4. The molecule has 2 N–H and O–H groups in total. The fourth-order valence-corrected chi connectivity index (χ4v) is 2.59. The van der Waals surface area contributed by atoms with Crippen LogP contribution in [0.5, 0.6) is 17.4 Å². The van der Waals surface area contributed by atoms with Crippen LogP contribution in [-0.4, -0.2) is 45.4 Å². The smallest absolute Gasteiger partial charge is 0.218 e. The molecule has 0 fully saturated rings. The standard InChI is InChI=1S/C20H28N4O3/c1-5-27-19-16(7-6-11-22-19)14-24-20(21-2)23-12-10-15-8-9-17(25-3)18(13-15)26-4/h6-9,11,13H,5,10,12,14H2,1-4H3,(H2,21,23,24). The maximum Gasteiger partial charge on any atom is 0.218 e. The number of pyridine rings is 1. The van der Waals surface area contributed by atoms with Crippen LogP contribution in [0.1, 0.15) is 18.1 Å². The van der Waals surface area contributed by atoms with Gasteiger partial charge in [-0.2, -0.15) is 0 Å². The lowest BCUT2D eigenvalue weighted by atomic mass is 10.1. The van der Waals surface area contributed by atoms with Crippen molar-refractivity contribution in [2.75, 3.05) is 34.4 Å². The molecule has 27 heavy (non-hydrogen) atoms. The first-order valence-electron chi connectivity index (χ1n) is 8.93. The molecular formula is C20H28N4O3. The van der Waals surface area contributed by atoms with Gasteiger partial charge in [0.25, 0.3) is 0 Å². The highest BCUT2D eigenvalue weighted by molar-refractivity contribution is 5.79. The number of nitrogens with one attached hydrogen (secondary N) is 2. The van der Waals surface area contributed by atoms with E-state index in [2.05, 4.69) is 20.6 Å². The second-order valence-corrected chi connectivity index (χ2v) is 5.69. The number of aromatic nitrogens is 1. The van der Waals surface area contributed by atoms with Gasteiger partial charge in [0.05, 0.1) is 20.8 Å². The topological polar surface area (TPSA) is 77.0 Å². The summed E-state index contributed by atoms with van der Waals surface area (Å²) in [6, 6.07) is 9.82. The molecule has 0 saturated carbocycles. The second-order valence-electron chi connectivity index (χ2n) is 5.69. The zero-order chi connectivity index (χ0) is 19.5. The molecule has 0 radical (unpaired) electrons. The Labute approximate surface area is 160 Å². The van der Waals surface area contributed by atoms with Crippen molar-refractivity contribution >= 4 is 5.96 Å². The summed E-state index contributed by atoms with van der Waals surface area (Å²) in [5.74, 6) is 2.83. The largest absolute Gasteiger partial charge is 0.493 e. The number of hydrogen-bond donors (Lipinski definition) is 2. The Hall–Kier alpha value is -2.96. The quantitative estimate of drug-likeness (QED) is 0.520. The first-order valence-corrected chi connectivity index (χ1v) is 8.93. The van der Waals surface area contributed by atoms with Gasteiger partial charge in [0.15, 0.2) is 17.5 Å². The van der Waals surface area contributed by atoms with Crippen molar-refractivity contribution in [2.45, 2.75) is 19.9 Å². The van der Waals surface area contributed by atoms with Crippen LogP contribution in [-0.2, 0) is 13.0 Å². The van der Waals surface area contributed by atoms with E-state index < -0.39 is 0 Å². The van der Waals surface area contributed by atoms with Crippen LogP contribution in [0, 0.1) is 0 Å². The Morgan fingerprint density at radius 2 is 1.93 bits per heavy atom. The van der Waals surface area contributed by atoms with Gasteiger partial charge in [0, 0.05) is 31.9 Å². The lowest BCUT2D eigenvalue weighted by Crippen LogP contribution is -2.38. The van der Waals surface area contributed by atoms with Gasteiger partial charge in [0.1, 0.15) is 0 Å². The summed E-state index contributed by atoms with van der Waals surface area (Å²) in [6.07, 6.45) is 2.56. The highest BCUT2D eigenvalue weighted by Crippen LogP contribution is 2.27. The maximum absolute atomic E-state index is 5.55. The average Bonchev–Trinajstić information content (AvgIpc) is 2.71. The molecule has 0 saturated heterocycles. The number of aliphatic imine (C=N–C) groups is 1. The van der Waals surface area contributed by atoms with Gasteiger partial charge in [-0.3, -0.25) is 4.99 Å². The number of hydrogen-bond acceptors (Lipinski definition) is 5. The van der Waals surface area contributed by atoms with E-state index in [1.165, 1.54) is 0 Å². The molecule has 7 nitrogen and oxygen atoms in total. The van der Waals surface area contributed by atoms with E-state index in [0.29, 0.717) is 19.0 Å². The molecule has 2 rings (SSSR count). The van der Waals surface area contributed by atoms with Crippen LogP contribution in [0.25, 0.3) is 0 Å². The minimum Gasteiger partial charge on any atom is -0.493 e. The zero-order valence-corrected chi connectivity index (χ0v) is 16.4. The van der Waals surface area contributed by atoms with Crippen molar-refractivity contribution in [3.63, 3.8) is 0 Å². The average molecular weight is 372 g/mol. The third kappa shape index (κ3) is 6.06. The van der Waals surface area contributed by atoms with E-state index in [4.69, 9.17) is 14.2 Å². The molecule has 0 bridgehead atoms. The highest BCUT2D eigenvalue weighted by Gasteiger charge is 2.07. The van der Waals surface area contributed by atoms with E-state index >= 15 is 0 Å². The van der Waals surface area contributed by atoms with Gasteiger partial charge in [-0.25, -0.2) is 4.98 Å². The second kappa shape index (κ2) is 10.9. The molecule has 0 atom stereocenters. The summed E-state index contributed by atoms with van der Waals surface area (Å²) in [5, 5.41) is 6.60. The molecule has 7 heteroatoms. The lowest BCUT2D eigenvalue weighted by molar-refractivity contribution is 0.322. The van der Waals surface area contributed by atoms with Crippen molar-refractivity contribution < 1.29 is 14.2 Å². The first-order chi connectivity index (χ1) is 13.2. The number of methoxy groups -OCH3 is 2. The molecule has 0 aliphatic rings. The van der Waals surface area contributed by atoms with Crippen LogP contribution in [0.3, 0.4) is 0 Å². The summed E-state index contributed by atoms with van der Waals surface area (Å²) >= 11 is 0. The molecule has 0 aliphatic carbocycles. The van der Waals surface area contributed by atoms with Crippen LogP contribution < -0.4 is 24.8 Å². The summed E-state index contributed by atoms with van der Waals surface area (Å²) in [5.41, 5.74) is 2.14. The maximum atomic E-state index is 5.55. The van der Waals surface area contributed by atoms with Crippen LogP contribution >= 0.6 is 0 Å². The van der Waals surface area contributed by atoms with Gasteiger partial charge in [-0.15, -0.1) is 0 Å². The van der Waals surface area contributed by atoms with Crippen molar-refractivity contribution in [3.8, 4) is 17.4 Å². The summed E-state index contributed by atoms with van der Waals surface area (Å²) in [7, 11) is 5.02. The Bertz CT molecular complexity index is 750. The zero-order valence-electron chi connectivity index (χ0n) is 16.4. The molecule has 146 valence electrons. The van der Waals surface area contributed by atoms with Crippen LogP contribution in [0.15, 0.2) is 41.5 Å². The van der Waals surface area contributed by atoms with E-state index in [0.717, 1.165) is 41.6 Å². The predicted octanol–water partition coefficient (Wildman–Crippen LogP) is 2.41. The third-order valence-electron chi connectivity index (χ3n) is 3.95. The number of nitrogens with zero attached hydrogens (tertiary/aromatic N) is 2. The predicted molar refractivity (Wildman–Crippen MR) is 107 cm³/mol. The van der Waals surface area contributed by atoms with Crippen LogP contribution in [0.2, 0.25) is 0 Å². The van der Waals surface area contributed by atoms with E-state index in [1.54, 1.807) is 27.5 Å². The Kier molecular flexibility index (Phi) is 8.22. The molecule has 1 aromatic heterocycles. The molecule has 2 aromatic rings. The van der Waals surface area contributed by atoms with Crippen molar-refractivity contribution in [2.24, 2.45) is 4.99 Å². The molecule has 1 heterocycles. The van der Waals surface area contributed by atoms with Crippen molar-refractivity contribution in [1.82, 2.24) is 15.6 Å². The highest BCUT2D eigenvalue weighted by atomic mass is 16.5.